The number of aryl methyl sites for hydroxylation is 1. The molecule has 3 aromatic rings. The molecule has 2 aromatic heterocycles. The van der Waals surface area contributed by atoms with Gasteiger partial charge >= 0.3 is 0 Å². The van der Waals surface area contributed by atoms with E-state index in [2.05, 4.69) is 12.2 Å². The molecule has 5 nitrogen and oxygen atoms in total. The Morgan fingerprint density at radius 1 is 1.23 bits per heavy atom. The normalized spacial score (nSPS) is 13.4. The first kappa shape index (κ1) is 20.4. The van der Waals surface area contributed by atoms with Crippen molar-refractivity contribution in [3.63, 3.8) is 0 Å². The standard InChI is InChI=1S/C24H26N2O3S/c1-2-13-28-18-11-9-17(10-12-18)15-26-24-22(20-7-3-4-8-21(20)30-24)23(27)25-16-19-6-5-14-29-19/h5-6,9-12,14-15H,2-4,7-8,13,16H2,1H3,(H,25,27). The predicted octanol–water partition coefficient (Wildman–Crippen LogP) is 5.69. The van der Waals surface area contributed by atoms with Gasteiger partial charge in [-0.15, -0.1) is 11.3 Å². The first-order valence-corrected chi connectivity index (χ1v) is 11.3. The highest BCUT2D eigenvalue weighted by atomic mass is 32.1. The summed E-state index contributed by atoms with van der Waals surface area (Å²) in [4.78, 5) is 19.0. The van der Waals surface area contributed by atoms with Gasteiger partial charge in [-0.3, -0.25) is 4.79 Å². The van der Waals surface area contributed by atoms with Crippen molar-refractivity contribution in [2.45, 2.75) is 45.6 Å². The molecule has 1 aromatic carbocycles. The number of hydrogen-bond acceptors (Lipinski definition) is 5. The highest BCUT2D eigenvalue weighted by molar-refractivity contribution is 7.16. The number of carbonyl (C=O) groups excluding carboxylic acids is 1. The molecule has 0 atom stereocenters. The van der Waals surface area contributed by atoms with E-state index in [1.807, 2.05) is 42.6 Å². The van der Waals surface area contributed by atoms with Crippen molar-refractivity contribution in [2.24, 2.45) is 4.99 Å². The molecule has 156 valence electrons. The molecule has 0 saturated carbocycles. The summed E-state index contributed by atoms with van der Waals surface area (Å²) < 4.78 is 11.0. The Labute approximate surface area is 180 Å². The van der Waals surface area contributed by atoms with Gasteiger partial charge in [-0.1, -0.05) is 6.92 Å². The summed E-state index contributed by atoms with van der Waals surface area (Å²) in [5.74, 6) is 1.52. The molecule has 1 aliphatic carbocycles. The van der Waals surface area contributed by atoms with Gasteiger partial charge in [0.05, 0.1) is 25.0 Å². The van der Waals surface area contributed by atoms with Crippen LogP contribution in [-0.4, -0.2) is 18.7 Å². The molecule has 1 amide bonds. The summed E-state index contributed by atoms with van der Waals surface area (Å²) in [7, 11) is 0. The summed E-state index contributed by atoms with van der Waals surface area (Å²) in [5, 5.41) is 3.77. The van der Waals surface area contributed by atoms with Gasteiger partial charge in [0.2, 0.25) is 0 Å². The number of hydrogen-bond donors (Lipinski definition) is 1. The summed E-state index contributed by atoms with van der Waals surface area (Å²) in [5.41, 5.74) is 2.87. The number of ether oxygens (including phenoxy) is 1. The van der Waals surface area contributed by atoms with E-state index >= 15 is 0 Å². The van der Waals surface area contributed by atoms with Crippen LogP contribution < -0.4 is 10.1 Å². The van der Waals surface area contributed by atoms with Crippen LogP contribution in [0, 0.1) is 0 Å². The van der Waals surface area contributed by atoms with Gasteiger partial charge in [-0.05, 0) is 79.6 Å². The lowest BCUT2D eigenvalue weighted by molar-refractivity contribution is 0.0948. The summed E-state index contributed by atoms with van der Waals surface area (Å²) >= 11 is 1.64. The largest absolute Gasteiger partial charge is 0.494 e. The summed E-state index contributed by atoms with van der Waals surface area (Å²) in [6.45, 7) is 3.17. The van der Waals surface area contributed by atoms with Crippen LogP contribution in [0.2, 0.25) is 0 Å². The zero-order valence-electron chi connectivity index (χ0n) is 17.1. The third-order valence-corrected chi connectivity index (χ3v) is 6.27. The van der Waals surface area contributed by atoms with Crippen molar-refractivity contribution < 1.29 is 13.9 Å². The van der Waals surface area contributed by atoms with E-state index in [0.29, 0.717) is 13.2 Å². The van der Waals surface area contributed by atoms with Crippen molar-refractivity contribution in [3.05, 3.63) is 70.0 Å². The molecule has 0 aliphatic heterocycles. The van der Waals surface area contributed by atoms with Crippen molar-refractivity contribution in [1.82, 2.24) is 5.32 Å². The van der Waals surface area contributed by atoms with Gasteiger partial charge in [-0.25, -0.2) is 4.99 Å². The molecule has 1 aliphatic rings. The van der Waals surface area contributed by atoms with E-state index in [9.17, 15) is 4.79 Å². The minimum absolute atomic E-state index is 0.0822. The summed E-state index contributed by atoms with van der Waals surface area (Å²) in [6, 6.07) is 11.6. The number of thiophene rings is 1. The molecule has 6 heteroatoms. The molecule has 2 heterocycles. The number of fused-ring (bicyclic) bond motifs is 1. The zero-order valence-corrected chi connectivity index (χ0v) is 18.0. The van der Waals surface area contributed by atoms with Crippen molar-refractivity contribution in [3.8, 4) is 5.75 Å². The fourth-order valence-corrected chi connectivity index (χ4v) is 4.78. The van der Waals surface area contributed by atoms with E-state index in [-0.39, 0.29) is 5.91 Å². The topological polar surface area (TPSA) is 63.8 Å². The lowest BCUT2D eigenvalue weighted by Crippen LogP contribution is -2.23. The van der Waals surface area contributed by atoms with Crippen molar-refractivity contribution in [1.29, 1.82) is 0 Å². The minimum Gasteiger partial charge on any atom is -0.494 e. The van der Waals surface area contributed by atoms with Crippen LogP contribution in [0.5, 0.6) is 5.75 Å². The Bertz CT molecular complexity index is 1000. The fraction of sp³-hybridized carbons (Fsp3) is 0.333. The lowest BCUT2D eigenvalue weighted by atomic mass is 9.95. The Hall–Kier alpha value is -2.86. The highest BCUT2D eigenvalue weighted by Crippen LogP contribution is 2.39. The SMILES string of the molecule is CCCOc1ccc(C=Nc2sc3c(c2C(=O)NCc2ccco2)CCCC3)cc1. The Morgan fingerprint density at radius 2 is 2.07 bits per heavy atom. The molecule has 1 N–H and O–H groups in total. The minimum atomic E-state index is -0.0822. The van der Waals surface area contributed by atoms with Gasteiger partial charge in [0, 0.05) is 11.1 Å². The van der Waals surface area contributed by atoms with Gasteiger partial charge in [0.25, 0.3) is 5.91 Å². The first-order chi connectivity index (χ1) is 14.7. The van der Waals surface area contributed by atoms with Crippen LogP contribution in [0.15, 0.2) is 52.1 Å². The van der Waals surface area contributed by atoms with Gasteiger partial charge in [-0.2, -0.15) is 0 Å². The number of amides is 1. The predicted molar refractivity (Wildman–Crippen MR) is 120 cm³/mol. The van der Waals surface area contributed by atoms with Crippen molar-refractivity contribution in [2.75, 3.05) is 6.61 Å². The van der Waals surface area contributed by atoms with Crippen LogP contribution in [-0.2, 0) is 19.4 Å². The van der Waals surface area contributed by atoms with Crippen LogP contribution >= 0.6 is 11.3 Å². The van der Waals surface area contributed by atoms with Crippen molar-refractivity contribution >= 4 is 28.5 Å². The second-order valence-corrected chi connectivity index (χ2v) is 8.41. The maximum atomic E-state index is 13.0. The zero-order chi connectivity index (χ0) is 20.8. The van der Waals surface area contributed by atoms with E-state index < -0.39 is 0 Å². The number of benzene rings is 1. The number of aliphatic imine (C=N–C) groups is 1. The van der Waals surface area contributed by atoms with Gasteiger partial charge in [0.1, 0.15) is 16.5 Å². The van der Waals surface area contributed by atoms with E-state index in [0.717, 1.165) is 53.3 Å². The van der Waals surface area contributed by atoms with Gasteiger partial charge in [0.15, 0.2) is 0 Å². The smallest absolute Gasteiger partial charge is 0.255 e. The summed E-state index contributed by atoms with van der Waals surface area (Å²) in [6.07, 6.45) is 8.67. The molecule has 0 bridgehead atoms. The first-order valence-electron chi connectivity index (χ1n) is 10.5. The number of nitrogens with one attached hydrogen (secondary N) is 1. The number of furan rings is 1. The highest BCUT2D eigenvalue weighted by Gasteiger charge is 2.25. The molecule has 0 fully saturated rings. The van der Waals surface area contributed by atoms with E-state index in [4.69, 9.17) is 14.1 Å². The quantitative estimate of drug-likeness (QED) is 0.474. The Balaban J connectivity index is 1.54. The monoisotopic (exact) mass is 422 g/mol. The third kappa shape index (κ3) is 4.82. The van der Waals surface area contributed by atoms with E-state index in [1.54, 1.807) is 17.6 Å². The lowest BCUT2D eigenvalue weighted by Gasteiger charge is -2.12. The second kappa shape index (κ2) is 9.76. The average molecular weight is 423 g/mol. The average Bonchev–Trinajstić information content (AvgIpc) is 3.43. The van der Waals surface area contributed by atoms with E-state index in [1.165, 1.54) is 16.9 Å². The van der Waals surface area contributed by atoms with Gasteiger partial charge < -0.3 is 14.5 Å². The Kier molecular flexibility index (Phi) is 6.64. The maximum Gasteiger partial charge on any atom is 0.255 e. The fourth-order valence-electron chi connectivity index (χ4n) is 3.55. The Morgan fingerprint density at radius 3 is 2.83 bits per heavy atom. The number of rotatable bonds is 8. The van der Waals surface area contributed by atoms with Crippen LogP contribution in [0.1, 0.15) is 58.3 Å². The molecule has 30 heavy (non-hydrogen) atoms. The molecule has 0 unspecified atom stereocenters. The molecular weight excluding hydrogens is 396 g/mol. The third-order valence-electron chi connectivity index (χ3n) is 5.07. The maximum absolute atomic E-state index is 13.0. The molecule has 0 spiro atoms. The van der Waals surface area contributed by atoms with Crippen LogP contribution in [0.4, 0.5) is 5.00 Å². The number of carbonyl (C=O) groups is 1. The molecular formula is C24H26N2O3S. The molecule has 4 rings (SSSR count). The molecule has 0 saturated heterocycles. The second-order valence-electron chi connectivity index (χ2n) is 7.33. The number of nitrogens with zero attached hydrogens (tertiary/aromatic N) is 1. The van der Waals surface area contributed by atoms with Crippen LogP contribution in [0.25, 0.3) is 0 Å². The molecule has 0 radical (unpaired) electrons. The van der Waals surface area contributed by atoms with Crippen LogP contribution in [0.3, 0.4) is 0 Å².